The molecule has 0 bridgehead atoms. The third-order valence-corrected chi connectivity index (χ3v) is 8.60. The highest BCUT2D eigenvalue weighted by Gasteiger charge is 2.29. The summed E-state index contributed by atoms with van der Waals surface area (Å²) in [4.78, 5) is 28.0. The Morgan fingerprint density at radius 2 is 1.74 bits per heavy atom. The maximum atomic E-state index is 13.8. The molecule has 0 aliphatic heterocycles. The first-order chi connectivity index (χ1) is 18.4. The Labute approximate surface area is 238 Å². The van der Waals surface area contributed by atoms with Gasteiger partial charge < -0.3 is 10.2 Å². The van der Waals surface area contributed by atoms with E-state index in [2.05, 4.69) is 5.32 Å². The molecule has 12 heteroatoms. The maximum Gasteiger partial charge on any atom is 0.242 e. The number of benzene rings is 2. The zero-order valence-electron chi connectivity index (χ0n) is 21.9. The van der Waals surface area contributed by atoms with Gasteiger partial charge in [0, 0.05) is 41.7 Å². The Balaban J connectivity index is 1.75. The van der Waals surface area contributed by atoms with Crippen LogP contribution in [-0.2, 0) is 26.2 Å². The molecular formula is C27H33Cl2F2N3O4S. The van der Waals surface area contributed by atoms with E-state index in [9.17, 15) is 26.8 Å². The zero-order chi connectivity index (χ0) is 28.7. The summed E-state index contributed by atoms with van der Waals surface area (Å²) in [5.74, 6) is -2.94. The minimum atomic E-state index is -3.84. The van der Waals surface area contributed by atoms with Gasteiger partial charge in [0.25, 0.3) is 0 Å². The molecule has 1 aliphatic rings. The van der Waals surface area contributed by atoms with Crippen molar-refractivity contribution in [3.8, 4) is 0 Å². The molecule has 3 rings (SSSR count). The van der Waals surface area contributed by atoms with Crippen molar-refractivity contribution in [2.24, 2.45) is 0 Å². The minimum Gasteiger partial charge on any atom is -0.352 e. The number of hydrogen-bond donors (Lipinski definition) is 1. The van der Waals surface area contributed by atoms with E-state index in [1.165, 1.54) is 4.90 Å². The standard InChI is InChI=1S/C27H33Cl2F2N3O4S/c1-18(27(36)32-21-7-4-3-5-8-21)33(17-19-10-11-20(28)15-23(19)29)26(35)9-6-14-34(39(2,37)38)22-12-13-24(30)25(31)16-22/h10-13,15-16,18,21H,3-9,14,17H2,1-2H3,(H,32,36)/t18-/m0/s1. The van der Waals surface area contributed by atoms with Crippen molar-refractivity contribution in [2.45, 2.75) is 70.5 Å². The van der Waals surface area contributed by atoms with Crippen molar-refractivity contribution < 1.29 is 26.8 Å². The van der Waals surface area contributed by atoms with Gasteiger partial charge in [-0.25, -0.2) is 17.2 Å². The molecule has 214 valence electrons. The van der Waals surface area contributed by atoms with E-state index in [4.69, 9.17) is 23.2 Å². The van der Waals surface area contributed by atoms with Gasteiger partial charge in [-0.3, -0.25) is 13.9 Å². The quantitative estimate of drug-likeness (QED) is 0.358. The minimum absolute atomic E-state index is 0.0473. The highest BCUT2D eigenvalue weighted by Crippen LogP contribution is 2.25. The number of halogens is 4. The number of carbonyl (C=O) groups is 2. The van der Waals surface area contributed by atoms with Gasteiger partial charge in [-0.1, -0.05) is 48.5 Å². The van der Waals surface area contributed by atoms with E-state index in [-0.39, 0.29) is 49.5 Å². The SMILES string of the molecule is C[C@@H](C(=O)NC1CCCCC1)N(Cc1ccc(Cl)cc1Cl)C(=O)CCCN(c1ccc(F)c(F)c1)S(C)(=O)=O. The molecule has 2 amide bonds. The van der Waals surface area contributed by atoms with Crippen LogP contribution >= 0.6 is 23.2 Å². The lowest BCUT2D eigenvalue weighted by Gasteiger charge is -2.32. The first-order valence-electron chi connectivity index (χ1n) is 12.8. The van der Waals surface area contributed by atoms with Gasteiger partial charge in [0.1, 0.15) is 6.04 Å². The molecular weight excluding hydrogens is 571 g/mol. The fraction of sp³-hybridized carbons (Fsp3) is 0.481. The average Bonchev–Trinajstić information content (AvgIpc) is 2.87. The zero-order valence-corrected chi connectivity index (χ0v) is 24.3. The molecule has 2 aromatic carbocycles. The molecule has 2 aromatic rings. The van der Waals surface area contributed by atoms with Gasteiger partial charge >= 0.3 is 0 Å². The van der Waals surface area contributed by atoms with Crippen LogP contribution in [0.3, 0.4) is 0 Å². The predicted octanol–water partition coefficient (Wildman–Crippen LogP) is 5.68. The number of amides is 2. The summed E-state index contributed by atoms with van der Waals surface area (Å²) >= 11 is 12.4. The van der Waals surface area contributed by atoms with E-state index in [1.807, 2.05) is 0 Å². The van der Waals surface area contributed by atoms with Crippen LogP contribution in [0.25, 0.3) is 0 Å². The van der Waals surface area contributed by atoms with Crippen molar-refractivity contribution in [3.63, 3.8) is 0 Å². The smallest absolute Gasteiger partial charge is 0.242 e. The van der Waals surface area contributed by atoms with Crippen LogP contribution in [0.15, 0.2) is 36.4 Å². The van der Waals surface area contributed by atoms with Crippen LogP contribution in [0.2, 0.25) is 10.0 Å². The van der Waals surface area contributed by atoms with E-state index in [0.29, 0.717) is 15.6 Å². The first kappa shape index (κ1) is 31.1. The number of nitrogens with zero attached hydrogens (tertiary/aromatic N) is 2. The molecule has 1 atom stereocenters. The Hall–Kier alpha value is -2.43. The summed E-state index contributed by atoms with van der Waals surface area (Å²) in [5.41, 5.74) is 0.556. The predicted molar refractivity (Wildman–Crippen MR) is 149 cm³/mol. The number of nitrogens with one attached hydrogen (secondary N) is 1. The largest absolute Gasteiger partial charge is 0.352 e. The van der Waals surface area contributed by atoms with Crippen molar-refractivity contribution in [1.29, 1.82) is 0 Å². The normalized spacial score (nSPS) is 15.0. The summed E-state index contributed by atoms with van der Waals surface area (Å²) in [7, 11) is -3.84. The number of hydrogen-bond acceptors (Lipinski definition) is 4. The lowest BCUT2D eigenvalue weighted by molar-refractivity contribution is -0.141. The summed E-state index contributed by atoms with van der Waals surface area (Å²) in [5, 5.41) is 3.83. The molecule has 39 heavy (non-hydrogen) atoms. The topological polar surface area (TPSA) is 86.8 Å². The highest BCUT2D eigenvalue weighted by atomic mass is 35.5. The van der Waals surface area contributed by atoms with E-state index in [1.54, 1.807) is 25.1 Å². The summed E-state index contributed by atoms with van der Waals surface area (Å²) < 4.78 is 52.8. The van der Waals surface area contributed by atoms with Gasteiger partial charge in [0.2, 0.25) is 21.8 Å². The molecule has 0 aromatic heterocycles. The average molecular weight is 605 g/mol. The fourth-order valence-corrected chi connectivity index (χ4v) is 6.05. The lowest BCUT2D eigenvalue weighted by atomic mass is 9.95. The second-order valence-electron chi connectivity index (χ2n) is 9.81. The third kappa shape index (κ3) is 8.78. The van der Waals surface area contributed by atoms with Gasteiger partial charge in [0.05, 0.1) is 11.9 Å². The molecule has 1 aliphatic carbocycles. The number of rotatable bonds is 11. The number of anilines is 1. The molecule has 0 heterocycles. The van der Waals surface area contributed by atoms with E-state index in [0.717, 1.165) is 60.9 Å². The maximum absolute atomic E-state index is 13.8. The second kappa shape index (κ2) is 13.8. The molecule has 0 unspecified atom stereocenters. The summed E-state index contributed by atoms with van der Waals surface area (Å²) in [6.07, 6.45) is 5.92. The van der Waals surface area contributed by atoms with Crippen molar-refractivity contribution in [2.75, 3.05) is 17.1 Å². The van der Waals surface area contributed by atoms with Crippen molar-refractivity contribution in [1.82, 2.24) is 10.2 Å². The van der Waals surface area contributed by atoms with Gasteiger partial charge in [-0.15, -0.1) is 0 Å². The van der Waals surface area contributed by atoms with E-state index >= 15 is 0 Å². The Morgan fingerprint density at radius 1 is 1.05 bits per heavy atom. The fourth-order valence-electron chi connectivity index (χ4n) is 4.63. The summed E-state index contributed by atoms with van der Waals surface area (Å²) in [6.45, 7) is 1.55. The molecule has 7 nitrogen and oxygen atoms in total. The van der Waals surface area contributed by atoms with Crippen LogP contribution in [0.4, 0.5) is 14.5 Å². The second-order valence-corrected chi connectivity index (χ2v) is 12.6. The summed E-state index contributed by atoms with van der Waals surface area (Å²) in [6, 6.07) is 6.93. The molecule has 0 spiro atoms. The highest BCUT2D eigenvalue weighted by molar-refractivity contribution is 7.92. The molecule has 0 radical (unpaired) electrons. The molecule has 1 fully saturated rings. The van der Waals surface area contributed by atoms with Crippen LogP contribution in [0, 0.1) is 11.6 Å². The van der Waals surface area contributed by atoms with Gasteiger partial charge in [0.15, 0.2) is 11.6 Å². The van der Waals surface area contributed by atoms with Crippen molar-refractivity contribution in [3.05, 3.63) is 63.6 Å². The lowest BCUT2D eigenvalue weighted by Crippen LogP contribution is -2.50. The van der Waals surface area contributed by atoms with Crippen LogP contribution in [-0.4, -0.2) is 50.0 Å². The Kier molecular flexibility index (Phi) is 11.0. The monoisotopic (exact) mass is 603 g/mol. The first-order valence-corrected chi connectivity index (χ1v) is 15.4. The Morgan fingerprint density at radius 3 is 2.36 bits per heavy atom. The van der Waals surface area contributed by atoms with Gasteiger partial charge in [-0.05, 0) is 56.0 Å². The number of carbonyl (C=O) groups excluding carboxylic acids is 2. The third-order valence-electron chi connectivity index (χ3n) is 6.82. The van der Waals surface area contributed by atoms with E-state index < -0.39 is 27.7 Å². The molecule has 1 N–H and O–H groups in total. The van der Waals surface area contributed by atoms with Crippen molar-refractivity contribution >= 4 is 50.7 Å². The molecule has 0 saturated heterocycles. The molecule has 1 saturated carbocycles. The number of sulfonamides is 1. The van der Waals surface area contributed by atoms with Crippen LogP contribution in [0.5, 0.6) is 0 Å². The van der Waals surface area contributed by atoms with Crippen LogP contribution in [0.1, 0.15) is 57.4 Å². The Bertz CT molecular complexity index is 1290. The van der Waals surface area contributed by atoms with Crippen LogP contribution < -0.4 is 9.62 Å². The van der Waals surface area contributed by atoms with Gasteiger partial charge in [-0.2, -0.15) is 0 Å².